The highest BCUT2D eigenvalue weighted by atomic mass is 35.5. The molecule has 1 aromatic rings. The quantitative estimate of drug-likeness (QED) is 0.917. The smallest absolute Gasteiger partial charge is 0.0406 e. The predicted octanol–water partition coefficient (Wildman–Crippen LogP) is 3.49. The fourth-order valence-electron chi connectivity index (χ4n) is 3.75. The van der Waals surface area contributed by atoms with E-state index >= 15 is 0 Å². The van der Waals surface area contributed by atoms with Crippen molar-refractivity contribution in [1.82, 2.24) is 10.2 Å². The third-order valence-electron chi connectivity index (χ3n) is 4.83. The van der Waals surface area contributed by atoms with Crippen molar-refractivity contribution in [2.45, 2.75) is 50.6 Å². The highest BCUT2D eigenvalue weighted by molar-refractivity contribution is 6.30. The Morgan fingerprint density at radius 1 is 1.05 bits per heavy atom. The Morgan fingerprint density at radius 2 is 1.80 bits per heavy atom. The highest BCUT2D eigenvalue weighted by Crippen LogP contribution is 2.26. The molecular weight excluding hydrogens is 268 g/mol. The summed E-state index contributed by atoms with van der Waals surface area (Å²) in [5.74, 6) is 0. The van der Waals surface area contributed by atoms with E-state index in [1.165, 1.54) is 63.7 Å². The van der Waals surface area contributed by atoms with Crippen LogP contribution in [-0.4, -0.2) is 36.6 Å². The number of halogens is 1. The SMILES string of the molecule is Clc1ccc(CC2CCCCN2C2CCNCC2)cc1. The molecule has 2 aliphatic rings. The first-order chi connectivity index (χ1) is 9.83. The van der Waals surface area contributed by atoms with Crippen molar-refractivity contribution in [3.63, 3.8) is 0 Å². The van der Waals surface area contributed by atoms with Crippen molar-refractivity contribution >= 4 is 11.6 Å². The lowest BCUT2D eigenvalue weighted by atomic mass is 9.91. The van der Waals surface area contributed by atoms with Crippen LogP contribution in [0.3, 0.4) is 0 Å². The minimum Gasteiger partial charge on any atom is -0.317 e. The average Bonchev–Trinajstić information content (AvgIpc) is 2.51. The molecule has 0 aliphatic carbocycles. The fourth-order valence-corrected chi connectivity index (χ4v) is 3.88. The van der Waals surface area contributed by atoms with Crippen LogP contribution in [-0.2, 0) is 6.42 Å². The number of piperidine rings is 2. The molecule has 20 heavy (non-hydrogen) atoms. The van der Waals surface area contributed by atoms with Gasteiger partial charge in [-0.2, -0.15) is 0 Å². The number of rotatable bonds is 3. The maximum Gasteiger partial charge on any atom is 0.0406 e. The van der Waals surface area contributed by atoms with Crippen molar-refractivity contribution in [3.05, 3.63) is 34.9 Å². The summed E-state index contributed by atoms with van der Waals surface area (Å²) in [5, 5.41) is 4.32. The van der Waals surface area contributed by atoms with Crippen LogP contribution in [0.5, 0.6) is 0 Å². The maximum absolute atomic E-state index is 5.99. The minimum atomic E-state index is 0.730. The molecule has 0 bridgehead atoms. The van der Waals surface area contributed by atoms with E-state index in [2.05, 4.69) is 22.3 Å². The lowest BCUT2D eigenvalue weighted by Gasteiger charge is -2.43. The Morgan fingerprint density at radius 3 is 2.55 bits per heavy atom. The molecule has 3 rings (SSSR count). The van der Waals surface area contributed by atoms with Gasteiger partial charge in [0.1, 0.15) is 0 Å². The molecule has 0 saturated carbocycles. The van der Waals surface area contributed by atoms with Crippen LogP contribution in [0.1, 0.15) is 37.7 Å². The third kappa shape index (κ3) is 3.55. The van der Waals surface area contributed by atoms with Gasteiger partial charge in [-0.25, -0.2) is 0 Å². The molecule has 0 spiro atoms. The van der Waals surface area contributed by atoms with Gasteiger partial charge in [0.15, 0.2) is 0 Å². The summed E-state index contributed by atoms with van der Waals surface area (Å²) in [6.07, 6.45) is 7.93. The van der Waals surface area contributed by atoms with Gasteiger partial charge in [0.25, 0.3) is 0 Å². The molecule has 0 radical (unpaired) electrons. The van der Waals surface area contributed by atoms with E-state index < -0.39 is 0 Å². The van der Waals surface area contributed by atoms with Crippen LogP contribution in [0, 0.1) is 0 Å². The van der Waals surface area contributed by atoms with Gasteiger partial charge in [-0.15, -0.1) is 0 Å². The molecule has 1 N–H and O–H groups in total. The first-order valence-electron chi connectivity index (χ1n) is 8.04. The van der Waals surface area contributed by atoms with Crippen molar-refractivity contribution in [1.29, 1.82) is 0 Å². The highest BCUT2D eigenvalue weighted by Gasteiger charge is 2.29. The zero-order valence-corrected chi connectivity index (χ0v) is 12.9. The number of nitrogens with zero attached hydrogens (tertiary/aromatic N) is 1. The molecule has 1 atom stereocenters. The molecule has 2 nitrogen and oxygen atoms in total. The van der Waals surface area contributed by atoms with Gasteiger partial charge < -0.3 is 5.32 Å². The molecule has 2 heterocycles. The minimum absolute atomic E-state index is 0.730. The van der Waals surface area contributed by atoms with E-state index in [0.717, 1.165) is 17.1 Å². The number of likely N-dealkylation sites (tertiary alicyclic amines) is 1. The second-order valence-corrected chi connectivity index (χ2v) is 6.64. The van der Waals surface area contributed by atoms with E-state index in [-0.39, 0.29) is 0 Å². The van der Waals surface area contributed by atoms with E-state index in [4.69, 9.17) is 11.6 Å². The standard InChI is InChI=1S/C17H25ClN2/c18-15-6-4-14(5-7-15)13-17-3-1-2-12-20(17)16-8-10-19-11-9-16/h4-7,16-17,19H,1-3,8-13H2. The van der Waals surface area contributed by atoms with Crippen LogP contribution in [0.4, 0.5) is 0 Å². The van der Waals surface area contributed by atoms with Crippen LogP contribution in [0.2, 0.25) is 5.02 Å². The molecule has 110 valence electrons. The predicted molar refractivity (Wildman–Crippen MR) is 85.4 cm³/mol. The van der Waals surface area contributed by atoms with Gasteiger partial charge in [-0.3, -0.25) is 4.90 Å². The van der Waals surface area contributed by atoms with Gasteiger partial charge >= 0.3 is 0 Å². The number of nitrogens with one attached hydrogen (secondary N) is 1. The molecule has 2 fully saturated rings. The normalized spacial score (nSPS) is 25.8. The lowest BCUT2D eigenvalue weighted by Crippen LogP contribution is -2.50. The van der Waals surface area contributed by atoms with Gasteiger partial charge in [0.05, 0.1) is 0 Å². The summed E-state index contributed by atoms with van der Waals surface area (Å²) in [7, 11) is 0. The van der Waals surface area contributed by atoms with Crippen molar-refractivity contribution in [2.24, 2.45) is 0 Å². The van der Waals surface area contributed by atoms with E-state index in [1.807, 2.05) is 12.1 Å². The Bertz CT molecular complexity index is 412. The summed E-state index contributed by atoms with van der Waals surface area (Å²) in [6.45, 7) is 3.67. The molecule has 0 amide bonds. The average molecular weight is 293 g/mol. The first kappa shape index (κ1) is 14.4. The molecule has 2 aliphatic heterocycles. The van der Waals surface area contributed by atoms with Crippen molar-refractivity contribution in [3.8, 4) is 0 Å². The summed E-state index contributed by atoms with van der Waals surface area (Å²) in [5.41, 5.74) is 1.43. The molecule has 1 aromatic carbocycles. The van der Waals surface area contributed by atoms with Crippen molar-refractivity contribution in [2.75, 3.05) is 19.6 Å². The second kappa shape index (κ2) is 6.93. The van der Waals surface area contributed by atoms with Crippen LogP contribution >= 0.6 is 11.6 Å². The Hall–Kier alpha value is -0.570. The zero-order valence-electron chi connectivity index (χ0n) is 12.2. The van der Waals surface area contributed by atoms with Gasteiger partial charge in [0, 0.05) is 17.1 Å². The molecule has 2 saturated heterocycles. The van der Waals surface area contributed by atoms with Gasteiger partial charge in [-0.1, -0.05) is 30.2 Å². The van der Waals surface area contributed by atoms with Crippen LogP contribution in [0.25, 0.3) is 0 Å². The molecule has 3 heteroatoms. The lowest BCUT2D eigenvalue weighted by molar-refractivity contribution is 0.0763. The summed E-state index contributed by atoms with van der Waals surface area (Å²) < 4.78 is 0. The van der Waals surface area contributed by atoms with Gasteiger partial charge in [-0.05, 0) is 69.4 Å². The monoisotopic (exact) mass is 292 g/mol. The van der Waals surface area contributed by atoms with E-state index in [0.29, 0.717) is 0 Å². The summed E-state index contributed by atoms with van der Waals surface area (Å²) in [4.78, 5) is 2.80. The largest absolute Gasteiger partial charge is 0.317 e. The molecule has 1 unspecified atom stereocenters. The second-order valence-electron chi connectivity index (χ2n) is 6.20. The molecule has 0 aromatic heterocycles. The Balaban J connectivity index is 1.66. The van der Waals surface area contributed by atoms with E-state index in [9.17, 15) is 0 Å². The fraction of sp³-hybridized carbons (Fsp3) is 0.647. The number of hydrogen-bond donors (Lipinski definition) is 1. The molecular formula is C17H25ClN2. The van der Waals surface area contributed by atoms with Gasteiger partial charge in [0.2, 0.25) is 0 Å². The third-order valence-corrected chi connectivity index (χ3v) is 5.09. The van der Waals surface area contributed by atoms with Crippen LogP contribution in [0.15, 0.2) is 24.3 Å². The maximum atomic E-state index is 5.99. The Labute approximate surface area is 127 Å². The first-order valence-corrected chi connectivity index (χ1v) is 8.41. The summed E-state index contributed by atoms with van der Waals surface area (Å²) in [6, 6.07) is 9.96. The topological polar surface area (TPSA) is 15.3 Å². The number of benzene rings is 1. The van der Waals surface area contributed by atoms with Crippen molar-refractivity contribution < 1.29 is 0 Å². The van der Waals surface area contributed by atoms with E-state index in [1.54, 1.807) is 0 Å². The zero-order chi connectivity index (χ0) is 13.8. The number of hydrogen-bond acceptors (Lipinski definition) is 2. The summed E-state index contributed by atoms with van der Waals surface area (Å²) >= 11 is 5.99. The van der Waals surface area contributed by atoms with Crippen LogP contribution < -0.4 is 5.32 Å². The Kier molecular flexibility index (Phi) is 4.98.